The molecule has 0 spiro atoms. The first kappa shape index (κ1) is 13.2. The zero-order chi connectivity index (χ0) is 12.0. The number of hydrogen-bond donors (Lipinski definition) is 3. The summed E-state index contributed by atoms with van der Waals surface area (Å²) in [5, 5.41) is 21.5. The molecule has 0 aliphatic rings. The Balaban J connectivity index is 2.67. The SMILES string of the molecule is CCC(CO)NC(C)c1cccc(CO)c1. The van der Waals surface area contributed by atoms with Gasteiger partial charge in [-0.1, -0.05) is 31.2 Å². The van der Waals surface area contributed by atoms with E-state index in [1.165, 1.54) is 0 Å². The fraction of sp³-hybridized carbons (Fsp3) is 0.538. The third kappa shape index (κ3) is 3.59. The molecule has 0 aromatic heterocycles. The molecule has 0 radical (unpaired) electrons. The lowest BCUT2D eigenvalue weighted by molar-refractivity contribution is 0.230. The van der Waals surface area contributed by atoms with Gasteiger partial charge in [-0.25, -0.2) is 0 Å². The normalized spacial score (nSPS) is 14.8. The minimum atomic E-state index is 0.0672. The van der Waals surface area contributed by atoms with Crippen molar-refractivity contribution >= 4 is 0 Å². The summed E-state index contributed by atoms with van der Waals surface area (Å²) in [5.41, 5.74) is 2.06. The molecule has 1 rings (SSSR count). The molecule has 90 valence electrons. The molecule has 1 aromatic carbocycles. The van der Waals surface area contributed by atoms with Crippen molar-refractivity contribution in [3.05, 3.63) is 35.4 Å². The van der Waals surface area contributed by atoms with Crippen molar-refractivity contribution in [2.75, 3.05) is 6.61 Å². The van der Waals surface area contributed by atoms with Gasteiger partial charge < -0.3 is 15.5 Å². The Kier molecular flexibility index (Phi) is 5.46. The number of aliphatic hydroxyl groups excluding tert-OH is 2. The summed E-state index contributed by atoms with van der Waals surface area (Å²) in [5.74, 6) is 0. The highest BCUT2D eigenvalue weighted by Crippen LogP contribution is 2.15. The van der Waals surface area contributed by atoms with Gasteiger partial charge in [0.05, 0.1) is 13.2 Å². The van der Waals surface area contributed by atoms with Crippen LogP contribution in [0.3, 0.4) is 0 Å². The molecule has 2 unspecified atom stereocenters. The molecule has 0 aliphatic heterocycles. The second-order valence-electron chi connectivity index (χ2n) is 4.08. The molecule has 16 heavy (non-hydrogen) atoms. The maximum absolute atomic E-state index is 9.12. The van der Waals surface area contributed by atoms with Crippen molar-refractivity contribution < 1.29 is 10.2 Å². The average Bonchev–Trinajstić information content (AvgIpc) is 2.35. The van der Waals surface area contributed by atoms with Gasteiger partial charge in [-0.15, -0.1) is 0 Å². The molecule has 0 heterocycles. The maximum atomic E-state index is 9.12. The number of rotatable bonds is 6. The molecule has 0 fully saturated rings. The van der Waals surface area contributed by atoms with Crippen LogP contribution < -0.4 is 5.32 Å². The summed E-state index contributed by atoms with van der Waals surface area (Å²) in [6.45, 7) is 4.33. The standard InChI is InChI=1S/C13H21NO2/c1-3-13(9-16)14-10(2)12-6-4-5-11(7-12)8-15/h4-7,10,13-16H,3,8-9H2,1-2H3. The Morgan fingerprint density at radius 1 is 1.31 bits per heavy atom. The van der Waals surface area contributed by atoms with E-state index in [2.05, 4.69) is 12.2 Å². The summed E-state index contributed by atoms with van der Waals surface area (Å²) in [6, 6.07) is 8.18. The monoisotopic (exact) mass is 223 g/mol. The minimum absolute atomic E-state index is 0.0672. The molecule has 3 heteroatoms. The number of nitrogens with one attached hydrogen (secondary N) is 1. The first-order valence-corrected chi connectivity index (χ1v) is 5.77. The van der Waals surface area contributed by atoms with Crippen LogP contribution >= 0.6 is 0 Å². The summed E-state index contributed by atoms with van der Waals surface area (Å²) >= 11 is 0. The van der Waals surface area contributed by atoms with Gasteiger partial charge in [0, 0.05) is 12.1 Å². The first-order chi connectivity index (χ1) is 7.71. The van der Waals surface area contributed by atoms with Gasteiger partial charge in [-0.3, -0.25) is 0 Å². The molecule has 0 bridgehead atoms. The lowest BCUT2D eigenvalue weighted by atomic mass is 10.0. The summed E-state index contributed by atoms with van der Waals surface area (Å²) in [7, 11) is 0. The highest BCUT2D eigenvalue weighted by atomic mass is 16.3. The Morgan fingerprint density at radius 3 is 2.62 bits per heavy atom. The molecule has 2 atom stereocenters. The Labute approximate surface area is 97.1 Å². The predicted molar refractivity (Wildman–Crippen MR) is 65.1 cm³/mol. The van der Waals surface area contributed by atoms with E-state index in [1.807, 2.05) is 31.2 Å². The highest BCUT2D eigenvalue weighted by Gasteiger charge is 2.10. The van der Waals surface area contributed by atoms with Crippen molar-refractivity contribution in [1.82, 2.24) is 5.32 Å². The molecule has 3 N–H and O–H groups in total. The molecule has 0 saturated carbocycles. The van der Waals surface area contributed by atoms with Gasteiger partial charge in [-0.2, -0.15) is 0 Å². The van der Waals surface area contributed by atoms with Crippen LogP contribution in [0.5, 0.6) is 0 Å². The van der Waals surface area contributed by atoms with Crippen LogP contribution in [0.25, 0.3) is 0 Å². The van der Waals surface area contributed by atoms with E-state index in [4.69, 9.17) is 10.2 Å². The molecule has 3 nitrogen and oxygen atoms in total. The van der Waals surface area contributed by atoms with E-state index in [0.29, 0.717) is 0 Å². The Morgan fingerprint density at radius 2 is 2.06 bits per heavy atom. The van der Waals surface area contributed by atoms with Crippen LogP contribution in [0, 0.1) is 0 Å². The molecular formula is C13H21NO2. The molecule has 0 aliphatic carbocycles. The fourth-order valence-corrected chi connectivity index (χ4v) is 1.71. The van der Waals surface area contributed by atoms with Crippen molar-refractivity contribution in [1.29, 1.82) is 0 Å². The van der Waals surface area contributed by atoms with Crippen LogP contribution in [0.1, 0.15) is 37.4 Å². The summed E-state index contributed by atoms with van der Waals surface area (Å²) in [4.78, 5) is 0. The second kappa shape index (κ2) is 6.63. The number of hydrogen-bond acceptors (Lipinski definition) is 3. The lowest BCUT2D eigenvalue weighted by Crippen LogP contribution is -2.33. The quantitative estimate of drug-likeness (QED) is 0.686. The van der Waals surface area contributed by atoms with Crippen LogP contribution in [-0.2, 0) is 6.61 Å². The van der Waals surface area contributed by atoms with E-state index in [1.54, 1.807) is 0 Å². The van der Waals surface area contributed by atoms with E-state index < -0.39 is 0 Å². The third-order valence-corrected chi connectivity index (χ3v) is 2.83. The van der Waals surface area contributed by atoms with Gasteiger partial charge >= 0.3 is 0 Å². The molecule has 1 aromatic rings. The molecular weight excluding hydrogens is 202 g/mol. The second-order valence-corrected chi connectivity index (χ2v) is 4.08. The Hall–Kier alpha value is -0.900. The van der Waals surface area contributed by atoms with Gasteiger partial charge in [0.25, 0.3) is 0 Å². The minimum Gasteiger partial charge on any atom is -0.395 e. The maximum Gasteiger partial charge on any atom is 0.0681 e. The van der Waals surface area contributed by atoms with Crippen molar-refractivity contribution in [2.24, 2.45) is 0 Å². The van der Waals surface area contributed by atoms with Crippen LogP contribution in [0.15, 0.2) is 24.3 Å². The highest BCUT2D eigenvalue weighted by molar-refractivity contribution is 5.25. The molecule has 0 amide bonds. The average molecular weight is 223 g/mol. The van der Waals surface area contributed by atoms with Crippen LogP contribution in [-0.4, -0.2) is 22.9 Å². The largest absolute Gasteiger partial charge is 0.395 e. The predicted octanol–water partition coefficient (Wildman–Crippen LogP) is 1.60. The van der Waals surface area contributed by atoms with E-state index in [-0.39, 0.29) is 25.3 Å². The topological polar surface area (TPSA) is 52.5 Å². The smallest absolute Gasteiger partial charge is 0.0681 e. The number of benzene rings is 1. The van der Waals surface area contributed by atoms with Crippen molar-refractivity contribution in [3.8, 4) is 0 Å². The van der Waals surface area contributed by atoms with Crippen LogP contribution in [0.2, 0.25) is 0 Å². The van der Waals surface area contributed by atoms with Crippen molar-refractivity contribution in [3.63, 3.8) is 0 Å². The molecule has 0 saturated heterocycles. The fourth-order valence-electron chi connectivity index (χ4n) is 1.71. The summed E-state index contributed by atoms with van der Waals surface area (Å²) < 4.78 is 0. The van der Waals surface area contributed by atoms with Gasteiger partial charge in [0.15, 0.2) is 0 Å². The van der Waals surface area contributed by atoms with E-state index in [9.17, 15) is 0 Å². The zero-order valence-electron chi connectivity index (χ0n) is 9.98. The van der Waals surface area contributed by atoms with E-state index in [0.717, 1.165) is 17.5 Å². The van der Waals surface area contributed by atoms with E-state index >= 15 is 0 Å². The van der Waals surface area contributed by atoms with Crippen molar-refractivity contribution in [2.45, 2.75) is 39.0 Å². The first-order valence-electron chi connectivity index (χ1n) is 5.77. The zero-order valence-corrected chi connectivity index (χ0v) is 9.98. The lowest BCUT2D eigenvalue weighted by Gasteiger charge is -2.21. The number of aliphatic hydroxyl groups is 2. The van der Waals surface area contributed by atoms with Gasteiger partial charge in [-0.05, 0) is 24.5 Å². The van der Waals surface area contributed by atoms with Gasteiger partial charge in [0.2, 0.25) is 0 Å². The van der Waals surface area contributed by atoms with Gasteiger partial charge in [0.1, 0.15) is 0 Å². The third-order valence-electron chi connectivity index (χ3n) is 2.83. The van der Waals surface area contributed by atoms with Crippen LogP contribution in [0.4, 0.5) is 0 Å². The summed E-state index contributed by atoms with van der Waals surface area (Å²) in [6.07, 6.45) is 0.903. The Bertz CT molecular complexity index is 311.